The second kappa shape index (κ2) is 5.05. The highest BCUT2D eigenvalue weighted by atomic mass is 19.1. The second-order valence-electron chi connectivity index (χ2n) is 4.61. The molecule has 0 fully saturated rings. The van der Waals surface area contributed by atoms with Crippen LogP contribution in [-0.4, -0.2) is 5.11 Å². The van der Waals surface area contributed by atoms with Gasteiger partial charge in [0.1, 0.15) is 23.6 Å². The summed E-state index contributed by atoms with van der Waals surface area (Å²) < 4.78 is 40.1. The monoisotopic (exact) mass is 266 g/mol. The standard InChI is InChI=1S/C15H13F3O/c1-8-3-9(2)5-10(4-8)15(19)14-12(17)6-11(16)7-13(14)18/h3-7,15,19H,1-2H3. The van der Waals surface area contributed by atoms with Crippen LogP contribution in [0.5, 0.6) is 0 Å². The first-order valence-corrected chi connectivity index (χ1v) is 5.79. The summed E-state index contributed by atoms with van der Waals surface area (Å²) in [4.78, 5) is 0. The number of benzene rings is 2. The summed E-state index contributed by atoms with van der Waals surface area (Å²) in [6.45, 7) is 3.64. The molecule has 1 unspecified atom stereocenters. The molecule has 0 aliphatic heterocycles. The van der Waals surface area contributed by atoms with E-state index in [1.54, 1.807) is 12.1 Å². The van der Waals surface area contributed by atoms with Gasteiger partial charge in [0.05, 0.1) is 5.56 Å². The minimum Gasteiger partial charge on any atom is -0.383 e. The van der Waals surface area contributed by atoms with Crippen molar-refractivity contribution in [3.63, 3.8) is 0 Å². The minimum atomic E-state index is -1.46. The Morgan fingerprint density at radius 3 is 1.79 bits per heavy atom. The molecule has 0 radical (unpaired) electrons. The van der Waals surface area contributed by atoms with Gasteiger partial charge in [-0.15, -0.1) is 0 Å². The van der Waals surface area contributed by atoms with Crippen molar-refractivity contribution in [2.75, 3.05) is 0 Å². The molecule has 0 bridgehead atoms. The molecule has 0 heterocycles. The van der Waals surface area contributed by atoms with Crippen LogP contribution in [0.15, 0.2) is 30.3 Å². The zero-order valence-electron chi connectivity index (χ0n) is 10.5. The topological polar surface area (TPSA) is 20.2 Å². The van der Waals surface area contributed by atoms with Gasteiger partial charge in [-0.3, -0.25) is 0 Å². The third-order valence-corrected chi connectivity index (χ3v) is 2.88. The van der Waals surface area contributed by atoms with Crippen molar-refractivity contribution >= 4 is 0 Å². The van der Waals surface area contributed by atoms with E-state index in [0.717, 1.165) is 11.1 Å². The maximum absolute atomic E-state index is 13.6. The van der Waals surface area contributed by atoms with Gasteiger partial charge in [-0.2, -0.15) is 0 Å². The molecule has 0 aliphatic rings. The largest absolute Gasteiger partial charge is 0.383 e. The van der Waals surface area contributed by atoms with E-state index in [9.17, 15) is 18.3 Å². The van der Waals surface area contributed by atoms with Crippen LogP contribution in [0.3, 0.4) is 0 Å². The van der Waals surface area contributed by atoms with E-state index >= 15 is 0 Å². The van der Waals surface area contributed by atoms with Crippen LogP contribution in [0.1, 0.15) is 28.4 Å². The van der Waals surface area contributed by atoms with Crippen LogP contribution in [-0.2, 0) is 0 Å². The molecule has 100 valence electrons. The Balaban J connectivity index is 2.52. The van der Waals surface area contributed by atoms with Gasteiger partial charge in [0.2, 0.25) is 0 Å². The van der Waals surface area contributed by atoms with Gasteiger partial charge in [0.25, 0.3) is 0 Å². The third-order valence-electron chi connectivity index (χ3n) is 2.88. The maximum atomic E-state index is 13.6. The lowest BCUT2D eigenvalue weighted by Crippen LogP contribution is -2.07. The van der Waals surface area contributed by atoms with Crippen molar-refractivity contribution in [2.24, 2.45) is 0 Å². The predicted octanol–water partition coefficient (Wildman–Crippen LogP) is 3.80. The molecule has 4 heteroatoms. The molecular formula is C15H13F3O. The number of hydrogen-bond acceptors (Lipinski definition) is 1. The zero-order valence-corrected chi connectivity index (χ0v) is 10.5. The highest BCUT2D eigenvalue weighted by molar-refractivity contribution is 5.36. The highest BCUT2D eigenvalue weighted by Gasteiger charge is 2.21. The summed E-state index contributed by atoms with van der Waals surface area (Å²) >= 11 is 0. The molecular weight excluding hydrogens is 253 g/mol. The van der Waals surface area contributed by atoms with Crippen LogP contribution in [0.4, 0.5) is 13.2 Å². The van der Waals surface area contributed by atoms with Crippen molar-refractivity contribution < 1.29 is 18.3 Å². The van der Waals surface area contributed by atoms with E-state index in [4.69, 9.17) is 0 Å². The summed E-state index contributed by atoms with van der Waals surface area (Å²) in [5.41, 5.74) is 1.59. The molecule has 0 spiro atoms. The smallest absolute Gasteiger partial charge is 0.135 e. The Morgan fingerprint density at radius 2 is 1.32 bits per heavy atom. The van der Waals surface area contributed by atoms with Gasteiger partial charge in [0.15, 0.2) is 0 Å². The molecule has 1 nitrogen and oxygen atoms in total. The molecule has 0 amide bonds. The Kier molecular flexibility index (Phi) is 3.62. The molecule has 0 saturated carbocycles. The average Bonchev–Trinajstić information content (AvgIpc) is 2.25. The van der Waals surface area contributed by atoms with Gasteiger partial charge in [-0.1, -0.05) is 29.3 Å². The van der Waals surface area contributed by atoms with Gasteiger partial charge in [0, 0.05) is 12.1 Å². The van der Waals surface area contributed by atoms with Crippen LogP contribution < -0.4 is 0 Å². The third kappa shape index (κ3) is 2.79. The fraction of sp³-hybridized carbons (Fsp3) is 0.200. The number of hydrogen-bond donors (Lipinski definition) is 1. The molecule has 1 atom stereocenters. The first-order chi connectivity index (χ1) is 8.88. The Morgan fingerprint density at radius 1 is 0.842 bits per heavy atom. The summed E-state index contributed by atoms with van der Waals surface area (Å²) in [5.74, 6) is -3.19. The minimum absolute atomic E-state index is 0.377. The lowest BCUT2D eigenvalue weighted by Gasteiger charge is -2.15. The van der Waals surface area contributed by atoms with Gasteiger partial charge in [-0.25, -0.2) is 13.2 Å². The highest BCUT2D eigenvalue weighted by Crippen LogP contribution is 2.28. The van der Waals surface area contributed by atoms with Crippen LogP contribution in [0, 0.1) is 31.3 Å². The maximum Gasteiger partial charge on any atom is 0.135 e. The summed E-state index contributed by atoms with van der Waals surface area (Å²) in [7, 11) is 0. The van der Waals surface area contributed by atoms with Gasteiger partial charge in [-0.05, 0) is 19.4 Å². The van der Waals surface area contributed by atoms with Gasteiger partial charge < -0.3 is 5.11 Å². The lowest BCUT2D eigenvalue weighted by molar-refractivity contribution is 0.208. The van der Waals surface area contributed by atoms with Crippen LogP contribution >= 0.6 is 0 Å². The molecule has 1 N–H and O–H groups in total. The van der Waals surface area contributed by atoms with Crippen molar-refractivity contribution in [1.29, 1.82) is 0 Å². The summed E-state index contributed by atoms with van der Waals surface area (Å²) in [6.07, 6.45) is -1.46. The average molecular weight is 266 g/mol. The number of aryl methyl sites for hydroxylation is 2. The van der Waals surface area contributed by atoms with E-state index in [2.05, 4.69) is 0 Å². The second-order valence-corrected chi connectivity index (χ2v) is 4.61. The number of halogens is 3. The quantitative estimate of drug-likeness (QED) is 0.876. The van der Waals surface area contributed by atoms with Crippen molar-refractivity contribution in [2.45, 2.75) is 20.0 Å². The van der Waals surface area contributed by atoms with Crippen molar-refractivity contribution in [3.8, 4) is 0 Å². The number of rotatable bonds is 2. The molecule has 0 saturated heterocycles. The number of aliphatic hydroxyl groups is 1. The van der Waals surface area contributed by atoms with Crippen LogP contribution in [0.25, 0.3) is 0 Å². The molecule has 2 aromatic rings. The molecule has 2 aromatic carbocycles. The molecule has 0 aliphatic carbocycles. The fourth-order valence-electron chi connectivity index (χ4n) is 2.15. The molecule has 2 rings (SSSR count). The normalized spacial score (nSPS) is 12.5. The Bertz CT molecular complexity index is 580. The predicted molar refractivity (Wildman–Crippen MR) is 66.3 cm³/mol. The zero-order chi connectivity index (χ0) is 14.2. The van der Waals surface area contributed by atoms with E-state index in [-0.39, 0.29) is 0 Å². The fourth-order valence-corrected chi connectivity index (χ4v) is 2.15. The van der Waals surface area contributed by atoms with E-state index in [0.29, 0.717) is 17.7 Å². The van der Waals surface area contributed by atoms with Crippen LogP contribution in [0.2, 0.25) is 0 Å². The number of aliphatic hydroxyl groups excluding tert-OH is 1. The van der Waals surface area contributed by atoms with E-state index < -0.39 is 29.1 Å². The van der Waals surface area contributed by atoms with Crippen molar-refractivity contribution in [1.82, 2.24) is 0 Å². The van der Waals surface area contributed by atoms with E-state index in [1.165, 1.54) is 0 Å². The Hall–Kier alpha value is -1.81. The van der Waals surface area contributed by atoms with Crippen molar-refractivity contribution in [3.05, 3.63) is 70.0 Å². The molecule has 19 heavy (non-hydrogen) atoms. The molecule has 0 aromatic heterocycles. The summed E-state index contributed by atoms with van der Waals surface area (Å²) in [5, 5.41) is 10.1. The Labute approximate surface area is 109 Å². The summed E-state index contributed by atoms with van der Waals surface area (Å²) in [6, 6.07) is 6.28. The SMILES string of the molecule is Cc1cc(C)cc(C(O)c2c(F)cc(F)cc2F)c1. The lowest BCUT2D eigenvalue weighted by atomic mass is 9.97. The van der Waals surface area contributed by atoms with E-state index in [1.807, 2.05) is 19.9 Å². The first-order valence-electron chi connectivity index (χ1n) is 5.79. The van der Waals surface area contributed by atoms with Gasteiger partial charge >= 0.3 is 0 Å². The first kappa shape index (κ1) is 13.6.